The number of amides is 6. The number of H-pyrrole nitrogens is 3. The number of nitrogens with one attached hydrogen (secondary N) is 11. The first-order chi connectivity index (χ1) is 56.9. The van der Waals surface area contributed by atoms with Gasteiger partial charge in [0.05, 0.1) is 28.3 Å². The first-order valence-electron chi connectivity index (χ1n) is 36.7. The summed E-state index contributed by atoms with van der Waals surface area (Å²) in [7, 11) is 7.69. The van der Waals surface area contributed by atoms with Crippen LogP contribution >= 0.6 is 11.6 Å². The molecule has 11 N–H and O–H groups in total. The largest absolute Gasteiger partial charge is 0.360 e. The van der Waals surface area contributed by atoms with Gasteiger partial charge in [-0.3, -0.25) is 33.8 Å². The molecule has 0 saturated carbocycles. The van der Waals surface area contributed by atoms with Crippen molar-refractivity contribution in [3.63, 3.8) is 0 Å². The fraction of sp³-hybridized carbons (Fsp3) is 0.0787. The van der Waals surface area contributed by atoms with Crippen LogP contribution in [0.4, 0.5) is 57.4 Å². The number of carbonyl (C=O) groups is 6. The number of para-hydroxylation sites is 1. The van der Waals surface area contributed by atoms with Crippen molar-refractivity contribution in [2.75, 3.05) is 83.8 Å². The highest BCUT2D eigenvalue weighted by molar-refractivity contribution is 6.33. The van der Waals surface area contributed by atoms with Crippen molar-refractivity contribution in [1.29, 1.82) is 0 Å². The maximum atomic E-state index is 12.9. The Bertz CT molecular complexity index is 6150. The van der Waals surface area contributed by atoms with E-state index in [1.165, 1.54) is 18.2 Å². The molecule has 0 fully saturated rings. The van der Waals surface area contributed by atoms with Gasteiger partial charge in [-0.25, -0.2) is 34.9 Å². The third-order valence-corrected chi connectivity index (χ3v) is 17.8. The van der Waals surface area contributed by atoms with Crippen LogP contribution in [-0.2, 0) is 20.8 Å². The summed E-state index contributed by atoms with van der Waals surface area (Å²) in [6.07, 6.45) is 22.3. The number of nitrogens with zero attached hydrogens (tertiary/aromatic N) is 10. The second kappa shape index (κ2) is 38.2. The van der Waals surface area contributed by atoms with Gasteiger partial charge in [0.2, 0.25) is 29.6 Å². The molecule has 0 radical (unpaired) electrons. The van der Waals surface area contributed by atoms with Crippen molar-refractivity contribution in [3.05, 3.63) is 326 Å². The lowest BCUT2D eigenvalue weighted by Gasteiger charge is -2.10. The number of hydrogen-bond acceptors (Lipinski definition) is 18. The fourth-order valence-corrected chi connectivity index (χ4v) is 12.1. The minimum absolute atomic E-state index is 0.248. The molecule has 0 unspecified atom stereocenters. The highest BCUT2D eigenvalue weighted by Crippen LogP contribution is 2.34. The Kier molecular flexibility index (Phi) is 26.0. The fourth-order valence-electron chi connectivity index (χ4n) is 11.9. The molecule has 8 aromatic heterocycles. The second-order valence-corrected chi connectivity index (χ2v) is 27.3. The highest BCUT2D eigenvalue weighted by Gasteiger charge is 2.18. The van der Waals surface area contributed by atoms with E-state index < -0.39 is 0 Å². The van der Waals surface area contributed by atoms with E-state index in [9.17, 15) is 28.8 Å². The molecule has 28 heteroatoms. The SMILES string of the molecule is C=CC(=O)Nc1cccc(C(=O)Nc2ccc(Nc3nccc(-c4cnc5[nH]ccc5c4)n3)cc2)c1.CN(C)C/C=C/C(=O)Nc1cccc(C(=O)Nc2ccc(Cc3nc(-c4cccnc4)c4cc[nH]c4n3)cc2)c1.CN(C)C/C=C/C(=O)Nc1cccc(C(=O)Nc2ccc(Nc3ncc(Cl)c(-c4c[nH]c5ccccc45)n3)cc2)c1. The number of hydrogen-bond donors (Lipinski definition) is 11. The number of rotatable bonds is 25. The third kappa shape index (κ3) is 22.0. The van der Waals surface area contributed by atoms with Crippen LogP contribution in [0.5, 0.6) is 0 Å². The molecule has 8 heterocycles. The quantitative estimate of drug-likeness (QED) is 0.0237. The number of aromatic nitrogens is 11. The number of aromatic amines is 3. The minimum Gasteiger partial charge on any atom is -0.360 e. The summed E-state index contributed by atoms with van der Waals surface area (Å²) in [6.45, 7) is 4.74. The Labute approximate surface area is 677 Å². The van der Waals surface area contributed by atoms with Gasteiger partial charge in [0.15, 0.2) is 0 Å². The first-order valence-corrected chi connectivity index (χ1v) is 37.1. The number of likely N-dealkylation sites (N-methyl/N-ethyl adjacent to an activating group) is 2. The number of fused-ring (bicyclic) bond motifs is 3. The number of halogens is 1. The lowest BCUT2D eigenvalue weighted by Crippen LogP contribution is -2.14. The van der Waals surface area contributed by atoms with Crippen LogP contribution < -0.4 is 42.5 Å². The Morgan fingerprint density at radius 3 is 1.56 bits per heavy atom. The van der Waals surface area contributed by atoms with Gasteiger partial charge in [-0.15, -0.1) is 0 Å². The van der Waals surface area contributed by atoms with Gasteiger partial charge < -0.3 is 67.3 Å². The average Bonchev–Trinajstić information content (AvgIpc) is 1.77. The lowest BCUT2D eigenvalue weighted by atomic mass is 10.1. The standard InChI is InChI=1S/C31H28ClN7O2.C31H29N7O2.C27H21N7O2/c1-39(2)16-6-11-28(40)35-23-8-5-7-20(17-23)30(41)36-21-12-14-22(15-13-21)37-31-34-19-26(32)29(38-31)25-18-33-27-10-4-3-9-24(25)27;1-38(2)17-5-9-28(39)34-25-8-3-6-22(19-25)31(40)35-24-12-10-21(11-13-24)18-27-36-29(23-7-4-15-32-20-23)26-14-16-33-30(26)37-27;1-2-24(35)31-22-5-3-4-18(15-22)26(36)32-20-6-8-21(9-7-20)33-27-29-13-11-23(34-27)19-14-17-10-12-28-25(17)30-16-19/h3-15,17-19,33H,16H2,1-2H3,(H,35,40)(H,36,41)(H,34,37,38);3-16,19-20H,17-18H2,1-2H3,(H,34,39)(H,35,40)(H,33,36,37);2-16H,1H2,(H,28,30)(H,31,35)(H,32,36)(H,29,33,34)/b11-6+;9-5+;. The topological polar surface area (TPSA) is 356 Å². The Balaban J connectivity index is 0.000000153. The van der Waals surface area contributed by atoms with Crippen molar-refractivity contribution in [2.45, 2.75) is 6.42 Å². The summed E-state index contributed by atoms with van der Waals surface area (Å²) in [5, 5.41) is 26.6. The maximum Gasteiger partial charge on any atom is 0.255 e. The number of anilines is 10. The molecule has 6 amide bonds. The normalized spacial score (nSPS) is 11.0. The van der Waals surface area contributed by atoms with Crippen LogP contribution in [-0.4, -0.2) is 141 Å². The molecule has 15 aromatic rings. The Morgan fingerprint density at radius 2 is 0.991 bits per heavy atom. The van der Waals surface area contributed by atoms with Crippen LogP contribution in [0.1, 0.15) is 42.5 Å². The van der Waals surface area contributed by atoms with Gasteiger partial charge in [0.25, 0.3) is 17.7 Å². The van der Waals surface area contributed by atoms with Crippen LogP contribution in [0.2, 0.25) is 5.02 Å². The first kappa shape index (κ1) is 79.6. The summed E-state index contributed by atoms with van der Waals surface area (Å²) in [4.78, 5) is 124. The monoisotopic (exact) mass is 1570 g/mol. The summed E-state index contributed by atoms with van der Waals surface area (Å²) >= 11 is 6.44. The van der Waals surface area contributed by atoms with E-state index in [0.717, 1.165) is 78.0 Å². The average molecular weight is 1570 g/mol. The zero-order valence-corrected chi connectivity index (χ0v) is 64.5. The molecule has 0 atom stereocenters. The molecular weight excluding hydrogens is 1490 g/mol. The van der Waals surface area contributed by atoms with Crippen molar-refractivity contribution in [3.8, 4) is 33.8 Å². The van der Waals surface area contributed by atoms with Crippen molar-refractivity contribution in [2.24, 2.45) is 0 Å². The zero-order valence-electron chi connectivity index (χ0n) is 63.8. The minimum atomic E-state index is -0.344. The van der Waals surface area contributed by atoms with Gasteiger partial charge in [-0.2, -0.15) is 0 Å². The van der Waals surface area contributed by atoms with Gasteiger partial charge in [-0.1, -0.05) is 78.9 Å². The molecule has 0 aliphatic carbocycles. The molecule has 0 saturated heterocycles. The molecule has 0 bridgehead atoms. The van der Waals surface area contributed by atoms with E-state index in [0.29, 0.717) is 98.8 Å². The summed E-state index contributed by atoms with van der Waals surface area (Å²) < 4.78 is 0. The summed E-state index contributed by atoms with van der Waals surface area (Å²) in [6, 6.07) is 61.8. The zero-order chi connectivity index (χ0) is 81.6. The highest BCUT2D eigenvalue weighted by atomic mass is 35.5. The van der Waals surface area contributed by atoms with Crippen molar-refractivity contribution in [1.82, 2.24) is 64.6 Å². The smallest absolute Gasteiger partial charge is 0.255 e. The predicted molar refractivity (Wildman–Crippen MR) is 462 cm³/mol. The van der Waals surface area contributed by atoms with E-state index in [2.05, 4.69) is 99.0 Å². The van der Waals surface area contributed by atoms with Crippen LogP contribution in [0.15, 0.2) is 293 Å². The Hall–Kier alpha value is -15.5. The molecule has 117 heavy (non-hydrogen) atoms. The number of carbonyl (C=O) groups excluding carboxylic acids is 6. The maximum absolute atomic E-state index is 12.9. The van der Waals surface area contributed by atoms with Gasteiger partial charge in [-0.05, 0) is 198 Å². The van der Waals surface area contributed by atoms with Gasteiger partial charge in [0.1, 0.15) is 17.1 Å². The van der Waals surface area contributed by atoms with Crippen LogP contribution in [0.3, 0.4) is 0 Å². The van der Waals surface area contributed by atoms with Crippen molar-refractivity contribution < 1.29 is 28.8 Å². The number of benzene rings is 7. The summed E-state index contributed by atoms with van der Waals surface area (Å²) in [5.74, 6) is -0.201. The Morgan fingerprint density at radius 1 is 0.444 bits per heavy atom. The van der Waals surface area contributed by atoms with E-state index in [-0.39, 0.29) is 35.4 Å². The van der Waals surface area contributed by atoms with E-state index in [4.69, 9.17) is 16.6 Å². The number of pyridine rings is 2. The van der Waals surface area contributed by atoms with E-state index in [1.807, 2.05) is 166 Å². The molecule has 27 nitrogen and oxygen atoms in total. The van der Waals surface area contributed by atoms with Gasteiger partial charge >= 0.3 is 0 Å². The van der Waals surface area contributed by atoms with Crippen molar-refractivity contribution >= 4 is 137 Å². The van der Waals surface area contributed by atoms with E-state index in [1.54, 1.807) is 140 Å². The van der Waals surface area contributed by atoms with E-state index >= 15 is 0 Å². The molecule has 7 aromatic carbocycles. The molecule has 0 aliphatic rings. The predicted octanol–water partition coefficient (Wildman–Crippen LogP) is 16.4. The third-order valence-electron chi connectivity index (χ3n) is 17.6. The molecule has 0 aliphatic heterocycles. The lowest BCUT2D eigenvalue weighted by molar-refractivity contribution is -0.112. The molecular formula is C89H78ClN21O6. The molecule has 15 rings (SSSR count). The van der Waals surface area contributed by atoms with Crippen LogP contribution in [0, 0.1) is 0 Å². The van der Waals surface area contributed by atoms with Gasteiger partial charge in [0, 0.05) is 176 Å². The molecule has 0 spiro atoms. The summed E-state index contributed by atoms with van der Waals surface area (Å²) in [5.41, 5.74) is 14.8. The molecule has 582 valence electrons. The second-order valence-electron chi connectivity index (χ2n) is 26.9. The van der Waals surface area contributed by atoms with Crippen LogP contribution in [0.25, 0.3) is 66.7 Å².